The maximum atomic E-state index is 11.9. The van der Waals surface area contributed by atoms with Crippen LogP contribution in [0.2, 0.25) is 0 Å². The number of urea groups is 1. The standard InChI is InChI=1S/C12H19N3O5/c1-15(4-10(16)13-7-2-3-7)12(19)14-9-6-20-5-8(9)11(17)18/h7-9H,2-6H2,1H3,(H,13,16)(H,14,19)(H,17,18). The third-order valence-corrected chi connectivity index (χ3v) is 3.38. The lowest BCUT2D eigenvalue weighted by Gasteiger charge is -2.21. The van der Waals surface area contributed by atoms with E-state index in [1.165, 1.54) is 11.9 Å². The second-order valence-electron chi connectivity index (χ2n) is 5.24. The summed E-state index contributed by atoms with van der Waals surface area (Å²) in [7, 11) is 1.49. The lowest BCUT2D eigenvalue weighted by molar-refractivity contribution is -0.142. The summed E-state index contributed by atoms with van der Waals surface area (Å²) in [6.45, 7) is 0.213. The number of likely N-dealkylation sites (N-methyl/N-ethyl adjacent to an activating group) is 1. The topological polar surface area (TPSA) is 108 Å². The van der Waals surface area contributed by atoms with Crippen LogP contribution >= 0.6 is 0 Å². The van der Waals surface area contributed by atoms with Gasteiger partial charge in [-0.15, -0.1) is 0 Å². The van der Waals surface area contributed by atoms with Crippen LogP contribution < -0.4 is 10.6 Å². The smallest absolute Gasteiger partial charge is 0.317 e. The van der Waals surface area contributed by atoms with E-state index in [4.69, 9.17) is 9.84 Å². The van der Waals surface area contributed by atoms with Gasteiger partial charge < -0.3 is 25.4 Å². The highest BCUT2D eigenvalue weighted by atomic mass is 16.5. The molecule has 1 heterocycles. The number of rotatable bonds is 5. The fraction of sp³-hybridized carbons (Fsp3) is 0.750. The third-order valence-electron chi connectivity index (χ3n) is 3.38. The number of aliphatic carboxylic acids is 1. The second-order valence-corrected chi connectivity index (χ2v) is 5.24. The first-order valence-electron chi connectivity index (χ1n) is 6.59. The fourth-order valence-electron chi connectivity index (χ4n) is 2.00. The van der Waals surface area contributed by atoms with Gasteiger partial charge in [0, 0.05) is 13.1 Å². The Morgan fingerprint density at radius 3 is 2.55 bits per heavy atom. The van der Waals surface area contributed by atoms with Gasteiger partial charge in [0.05, 0.1) is 19.3 Å². The van der Waals surface area contributed by atoms with Crippen molar-refractivity contribution in [3.8, 4) is 0 Å². The average Bonchev–Trinajstić information content (AvgIpc) is 3.04. The summed E-state index contributed by atoms with van der Waals surface area (Å²) in [5, 5.41) is 14.3. The van der Waals surface area contributed by atoms with E-state index in [1.807, 2.05) is 0 Å². The quantitative estimate of drug-likeness (QED) is 0.601. The maximum Gasteiger partial charge on any atom is 0.317 e. The number of hydrogen-bond acceptors (Lipinski definition) is 4. The van der Waals surface area contributed by atoms with Gasteiger partial charge >= 0.3 is 12.0 Å². The van der Waals surface area contributed by atoms with Crippen molar-refractivity contribution in [2.45, 2.75) is 24.9 Å². The number of carboxylic acid groups (broad SMARTS) is 1. The van der Waals surface area contributed by atoms with Gasteiger partial charge in [-0.25, -0.2) is 4.79 Å². The van der Waals surface area contributed by atoms with Crippen LogP contribution in [-0.4, -0.2) is 66.8 Å². The summed E-state index contributed by atoms with van der Waals surface area (Å²) < 4.78 is 5.06. The number of hydrogen-bond donors (Lipinski definition) is 3. The van der Waals surface area contributed by atoms with Crippen molar-refractivity contribution >= 4 is 17.9 Å². The number of amides is 3. The SMILES string of the molecule is CN(CC(=O)NC1CC1)C(=O)NC1COCC1C(=O)O. The molecular formula is C12H19N3O5. The summed E-state index contributed by atoms with van der Waals surface area (Å²) in [6.07, 6.45) is 1.97. The number of carbonyl (C=O) groups excluding carboxylic acids is 2. The molecule has 2 rings (SSSR count). The number of ether oxygens (including phenoxy) is 1. The second kappa shape index (κ2) is 6.08. The van der Waals surface area contributed by atoms with Crippen molar-refractivity contribution in [1.29, 1.82) is 0 Å². The Morgan fingerprint density at radius 1 is 1.25 bits per heavy atom. The van der Waals surface area contributed by atoms with Crippen LogP contribution in [0.1, 0.15) is 12.8 Å². The highest BCUT2D eigenvalue weighted by Crippen LogP contribution is 2.18. The summed E-state index contributed by atoms with van der Waals surface area (Å²) in [6, 6.07) is -0.787. The van der Waals surface area contributed by atoms with Gasteiger partial charge in [0.1, 0.15) is 12.5 Å². The van der Waals surface area contributed by atoms with Gasteiger partial charge in [-0.2, -0.15) is 0 Å². The van der Waals surface area contributed by atoms with Gasteiger partial charge in [0.15, 0.2) is 0 Å². The first-order valence-corrected chi connectivity index (χ1v) is 6.59. The molecule has 3 N–H and O–H groups in total. The first-order chi connectivity index (χ1) is 9.47. The fourth-order valence-corrected chi connectivity index (χ4v) is 2.00. The zero-order chi connectivity index (χ0) is 14.7. The molecule has 0 aromatic heterocycles. The van der Waals surface area contributed by atoms with Gasteiger partial charge in [-0.1, -0.05) is 0 Å². The van der Waals surface area contributed by atoms with Crippen molar-refractivity contribution in [2.24, 2.45) is 5.92 Å². The normalized spacial score (nSPS) is 25.1. The van der Waals surface area contributed by atoms with Crippen molar-refractivity contribution < 1.29 is 24.2 Å². The van der Waals surface area contributed by atoms with Gasteiger partial charge in [-0.05, 0) is 12.8 Å². The van der Waals surface area contributed by atoms with Gasteiger partial charge in [0.25, 0.3) is 0 Å². The number of nitrogens with one attached hydrogen (secondary N) is 2. The van der Waals surface area contributed by atoms with E-state index >= 15 is 0 Å². The molecule has 0 bridgehead atoms. The lowest BCUT2D eigenvalue weighted by atomic mass is 10.0. The van der Waals surface area contributed by atoms with Crippen molar-refractivity contribution in [2.75, 3.05) is 26.8 Å². The molecule has 1 saturated heterocycles. The summed E-state index contributed by atoms with van der Waals surface area (Å²) in [5.41, 5.74) is 0. The third kappa shape index (κ3) is 3.83. The Kier molecular flexibility index (Phi) is 4.43. The molecule has 0 aromatic carbocycles. The lowest BCUT2D eigenvalue weighted by Crippen LogP contribution is -2.50. The number of carbonyl (C=O) groups is 3. The van der Waals surface area contributed by atoms with E-state index < -0.39 is 24.0 Å². The predicted molar refractivity (Wildman–Crippen MR) is 68.1 cm³/mol. The van der Waals surface area contributed by atoms with Crippen LogP contribution in [-0.2, 0) is 14.3 Å². The van der Waals surface area contributed by atoms with Gasteiger partial charge in [0.2, 0.25) is 5.91 Å². The van der Waals surface area contributed by atoms with E-state index in [1.54, 1.807) is 0 Å². The van der Waals surface area contributed by atoms with Crippen LogP contribution in [0.3, 0.4) is 0 Å². The summed E-state index contributed by atoms with van der Waals surface area (Å²) in [5.74, 6) is -1.95. The summed E-state index contributed by atoms with van der Waals surface area (Å²) in [4.78, 5) is 35.6. The molecule has 2 aliphatic rings. The van der Waals surface area contributed by atoms with Gasteiger partial charge in [-0.3, -0.25) is 9.59 Å². The first kappa shape index (κ1) is 14.6. The molecule has 2 fully saturated rings. The Labute approximate surface area is 116 Å². The molecule has 20 heavy (non-hydrogen) atoms. The number of carboxylic acids is 1. The van der Waals surface area contributed by atoms with E-state index in [9.17, 15) is 14.4 Å². The molecule has 8 nitrogen and oxygen atoms in total. The minimum Gasteiger partial charge on any atom is -0.481 e. The molecular weight excluding hydrogens is 266 g/mol. The Hall–Kier alpha value is -1.83. The molecule has 112 valence electrons. The summed E-state index contributed by atoms with van der Waals surface area (Å²) >= 11 is 0. The van der Waals surface area contributed by atoms with Crippen LogP contribution in [0.25, 0.3) is 0 Å². The number of nitrogens with zero attached hydrogens (tertiary/aromatic N) is 1. The Balaban J connectivity index is 1.77. The van der Waals surface area contributed by atoms with Crippen molar-refractivity contribution in [3.05, 3.63) is 0 Å². The molecule has 0 spiro atoms. The average molecular weight is 285 g/mol. The van der Waals surface area contributed by atoms with Crippen LogP contribution in [0.5, 0.6) is 0 Å². The predicted octanol–water partition coefficient (Wildman–Crippen LogP) is -0.994. The monoisotopic (exact) mass is 285 g/mol. The van der Waals surface area contributed by atoms with E-state index in [-0.39, 0.29) is 31.7 Å². The zero-order valence-electron chi connectivity index (χ0n) is 11.3. The van der Waals surface area contributed by atoms with E-state index in [0.717, 1.165) is 12.8 Å². The van der Waals surface area contributed by atoms with E-state index in [2.05, 4.69) is 10.6 Å². The highest BCUT2D eigenvalue weighted by Gasteiger charge is 2.35. The molecule has 1 saturated carbocycles. The Morgan fingerprint density at radius 2 is 1.95 bits per heavy atom. The van der Waals surface area contributed by atoms with E-state index in [0.29, 0.717) is 0 Å². The van der Waals surface area contributed by atoms with Crippen molar-refractivity contribution in [3.63, 3.8) is 0 Å². The molecule has 2 unspecified atom stereocenters. The molecule has 3 amide bonds. The Bertz CT molecular complexity index is 410. The maximum absolute atomic E-state index is 11.9. The molecule has 1 aliphatic heterocycles. The molecule has 0 radical (unpaired) electrons. The zero-order valence-corrected chi connectivity index (χ0v) is 11.3. The minimum atomic E-state index is -0.998. The largest absolute Gasteiger partial charge is 0.481 e. The molecule has 8 heteroatoms. The minimum absolute atomic E-state index is 0.0480. The van der Waals surface area contributed by atoms with Crippen LogP contribution in [0, 0.1) is 5.92 Å². The highest BCUT2D eigenvalue weighted by molar-refractivity contribution is 5.84. The molecule has 1 aliphatic carbocycles. The van der Waals surface area contributed by atoms with Crippen LogP contribution in [0.4, 0.5) is 4.79 Å². The molecule has 0 aromatic rings. The molecule has 2 atom stereocenters. The van der Waals surface area contributed by atoms with Crippen molar-refractivity contribution in [1.82, 2.24) is 15.5 Å². The van der Waals surface area contributed by atoms with Crippen LogP contribution in [0.15, 0.2) is 0 Å².